The fourth-order valence-corrected chi connectivity index (χ4v) is 8.90. The van der Waals surface area contributed by atoms with Gasteiger partial charge < -0.3 is 20.3 Å². The summed E-state index contributed by atoms with van der Waals surface area (Å²) in [6.07, 6.45) is -1.46. The largest absolute Gasteiger partial charge is 0.461 e. The monoisotopic (exact) mass is 711 g/mol. The van der Waals surface area contributed by atoms with Crippen LogP contribution in [0.5, 0.6) is 6.01 Å². The SMILES string of the molecule is C=CC(=O)N1CC(F)C(N(CC)c2nc(OCC34CCCN3CCC4)nc3cc(-c4ccc(F)c5sc(N)c(C#N)c45)c(C(F)(F)F)cc23)C1. The number of rotatable bonds is 8. The lowest BCUT2D eigenvalue weighted by Gasteiger charge is -2.32. The van der Waals surface area contributed by atoms with Gasteiger partial charge in [-0.15, -0.1) is 11.3 Å². The molecule has 7 rings (SSSR count). The topological polar surface area (TPSA) is 112 Å². The molecule has 0 spiro atoms. The predicted octanol–water partition coefficient (Wildman–Crippen LogP) is 6.69. The maximum absolute atomic E-state index is 15.7. The molecular weight excluding hydrogens is 677 g/mol. The normalized spacial score (nSPS) is 20.4. The molecule has 0 bridgehead atoms. The summed E-state index contributed by atoms with van der Waals surface area (Å²) < 4.78 is 81.9. The molecule has 3 fully saturated rings. The smallest absolute Gasteiger partial charge is 0.417 e. The molecule has 1 amide bonds. The van der Waals surface area contributed by atoms with Gasteiger partial charge in [0.25, 0.3) is 0 Å². The number of nitriles is 1. The first kappa shape index (κ1) is 33.9. The molecule has 3 aliphatic rings. The fraction of sp³-hybridized carbons (Fsp3) is 0.429. The number of alkyl halides is 4. The molecule has 3 saturated heterocycles. The molecule has 2 aromatic carbocycles. The molecule has 4 aromatic rings. The Morgan fingerprint density at radius 1 is 1.22 bits per heavy atom. The zero-order chi connectivity index (χ0) is 35.5. The Balaban J connectivity index is 1.44. The van der Waals surface area contributed by atoms with Crippen molar-refractivity contribution in [2.45, 2.75) is 56.5 Å². The van der Waals surface area contributed by atoms with Crippen LogP contribution in [0.2, 0.25) is 0 Å². The van der Waals surface area contributed by atoms with Crippen LogP contribution >= 0.6 is 11.3 Å². The lowest BCUT2D eigenvalue weighted by atomic mass is 9.93. The van der Waals surface area contributed by atoms with E-state index >= 15 is 17.6 Å². The molecule has 2 aromatic heterocycles. The number of hydrogen-bond acceptors (Lipinski definition) is 9. The number of aromatic nitrogens is 2. The molecule has 15 heteroatoms. The van der Waals surface area contributed by atoms with Gasteiger partial charge in [-0.25, -0.2) is 8.78 Å². The number of likely N-dealkylation sites (tertiary alicyclic amines) is 1. The van der Waals surface area contributed by atoms with Gasteiger partial charge in [-0.05, 0) is 81.1 Å². The van der Waals surface area contributed by atoms with Crippen LogP contribution in [0.15, 0.2) is 36.9 Å². The number of hydrogen-bond donors (Lipinski definition) is 1. The van der Waals surface area contributed by atoms with E-state index in [9.17, 15) is 14.4 Å². The molecule has 50 heavy (non-hydrogen) atoms. The summed E-state index contributed by atoms with van der Waals surface area (Å²) >= 11 is 0.784. The molecule has 9 nitrogen and oxygen atoms in total. The Kier molecular flexibility index (Phi) is 8.58. The van der Waals surface area contributed by atoms with Gasteiger partial charge in [0.1, 0.15) is 35.5 Å². The van der Waals surface area contributed by atoms with Gasteiger partial charge >= 0.3 is 12.2 Å². The Hall–Kier alpha value is -4.55. The van der Waals surface area contributed by atoms with Crippen LogP contribution in [0.1, 0.15) is 43.7 Å². The van der Waals surface area contributed by atoms with Gasteiger partial charge in [-0.1, -0.05) is 12.6 Å². The molecule has 0 aliphatic carbocycles. The lowest BCUT2D eigenvalue weighted by molar-refractivity contribution is -0.137. The van der Waals surface area contributed by atoms with Crippen LogP contribution in [0.4, 0.5) is 32.8 Å². The Bertz CT molecular complexity index is 2050. The predicted molar refractivity (Wildman–Crippen MR) is 181 cm³/mol. The van der Waals surface area contributed by atoms with E-state index in [1.54, 1.807) is 11.8 Å². The molecule has 262 valence electrons. The van der Waals surface area contributed by atoms with Crippen LogP contribution in [-0.4, -0.2) is 82.8 Å². The van der Waals surface area contributed by atoms with Crippen molar-refractivity contribution in [3.63, 3.8) is 0 Å². The number of nitrogen functional groups attached to an aromatic ring is 1. The number of benzene rings is 2. The molecule has 2 unspecified atom stereocenters. The Labute approximate surface area is 288 Å². The summed E-state index contributed by atoms with van der Waals surface area (Å²) in [7, 11) is 0. The van der Waals surface area contributed by atoms with E-state index in [1.165, 1.54) is 17.0 Å². The quantitative estimate of drug-likeness (QED) is 0.159. The van der Waals surface area contributed by atoms with Gasteiger partial charge in [0.15, 0.2) is 0 Å². The zero-order valence-corrected chi connectivity index (χ0v) is 28.0. The van der Waals surface area contributed by atoms with Crippen LogP contribution in [0.3, 0.4) is 0 Å². The average Bonchev–Trinajstić information content (AvgIpc) is 3.85. The number of amides is 1. The van der Waals surface area contributed by atoms with Gasteiger partial charge in [-0.2, -0.15) is 28.4 Å². The van der Waals surface area contributed by atoms with Crippen molar-refractivity contribution in [2.75, 3.05) is 50.0 Å². The van der Waals surface area contributed by atoms with Crippen molar-refractivity contribution in [1.29, 1.82) is 5.26 Å². The number of carbonyl (C=O) groups excluding carboxylic acids is 1. The number of anilines is 2. The molecular formula is C35H34F5N7O2S. The minimum absolute atomic E-state index is 0.0128. The van der Waals surface area contributed by atoms with Crippen molar-refractivity contribution in [3.8, 4) is 23.2 Å². The van der Waals surface area contributed by atoms with E-state index in [0.717, 1.165) is 68.3 Å². The minimum atomic E-state index is -4.92. The molecule has 2 N–H and O–H groups in total. The maximum atomic E-state index is 15.7. The van der Waals surface area contributed by atoms with E-state index in [2.05, 4.69) is 21.4 Å². The van der Waals surface area contributed by atoms with Crippen molar-refractivity contribution in [3.05, 3.63) is 53.9 Å². The van der Waals surface area contributed by atoms with Crippen LogP contribution in [0.25, 0.3) is 32.1 Å². The first-order chi connectivity index (χ1) is 23.9. The van der Waals surface area contributed by atoms with Crippen molar-refractivity contribution < 1.29 is 31.5 Å². The number of ether oxygens (including phenoxy) is 1. The third-order valence-corrected chi connectivity index (χ3v) is 11.3. The number of carbonyl (C=O) groups is 1. The van der Waals surface area contributed by atoms with Gasteiger partial charge in [0, 0.05) is 23.9 Å². The molecule has 2 atom stereocenters. The summed E-state index contributed by atoms with van der Waals surface area (Å²) in [5.41, 5.74) is 4.30. The maximum Gasteiger partial charge on any atom is 0.417 e. The van der Waals surface area contributed by atoms with Crippen molar-refractivity contribution in [2.24, 2.45) is 0 Å². The minimum Gasteiger partial charge on any atom is -0.461 e. The second-order valence-electron chi connectivity index (χ2n) is 13.0. The van der Waals surface area contributed by atoms with Crippen molar-refractivity contribution in [1.82, 2.24) is 19.8 Å². The van der Waals surface area contributed by atoms with Gasteiger partial charge in [0.05, 0.1) is 39.5 Å². The average molecular weight is 712 g/mol. The summed E-state index contributed by atoms with van der Waals surface area (Å²) in [5, 5.41) is 9.80. The first-order valence-electron chi connectivity index (χ1n) is 16.4. The lowest BCUT2D eigenvalue weighted by Crippen LogP contribution is -2.44. The van der Waals surface area contributed by atoms with Crippen LogP contribution in [-0.2, 0) is 11.0 Å². The Morgan fingerprint density at radius 3 is 2.62 bits per heavy atom. The zero-order valence-electron chi connectivity index (χ0n) is 27.2. The van der Waals surface area contributed by atoms with Gasteiger partial charge in [-0.3, -0.25) is 9.69 Å². The van der Waals surface area contributed by atoms with E-state index in [0.29, 0.717) is 0 Å². The molecule has 0 saturated carbocycles. The van der Waals surface area contributed by atoms with Crippen molar-refractivity contribution >= 4 is 49.1 Å². The standard InChI is InChI=1S/C35H34F5N7O2S/c1-3-28(48)45-16-25(37)27(17-45)47(4-2)32-21-13-23(35(38,39)40)20(19-7-8-24(36)30-29(19)22(15-41)31(42)50-30)14-26(21)43-33(44-32)49-18-34-9-5-11-46(34)12-6-10-34/h3,7-8,13-14,25,27H,1,4-6,9-12,16-18,42H2,2H3. The van der Waals surface area contributed by atoms with E-state index in [4.69, 9.17) is 10.5 Å². The van der Waals surface area contributed by atoms with Gasteiger partial charge in [0.2, 0.25) is 5.91 Å². The third kappa shape index (κ3) is 5.58. The van der Waals surface area contributed by atoms with E-state index in [-0.39, 0.29) is 86.3 Å². The van der Waals surface area contributed by atoms with E-state index in [1.807, 2.05) is 6.07 Å². The van der Waals surface area contributed by atoms with Crippen LogP contribution in [0, 0.1) is 17.1 Å². The number of nitrogens with two attached hydrogens (primary N) is 1. The van der Waals surface area contributed by atoms with Crippen LogP contribution < -0.4 is 15.4 Å². The summed E-state index contributed by atoms with van der Waals surface area (Å²) in [4.78, 5) is 26.9. The third-order valence-electron chi connectivity index (χ3n) is 10.3. The first-order valence-corrected chi connectivity index (χ1v) is 17.2. The number of halogens is 5. The second kappa shape index (κ2) is 12.6. The Morgan fingerprint density at radius 2 is 1.96 bits per heavy atom. The summed E-state index contributed by atoms with van der Waals surface area (Å²) in [6, 6.07) is 5.29. The number of nitrogens with zero attached hydrogens (tertiary/aromatic N) is 6. The highest BCUT2D eigenvalue weighted by atomic mass is 32.1. The number of fused-ring (bicyclic) bond motifs is 3. The summed E-state index contributed by atoms with van der Waals surface area (Å²) in [5.74, 6) is -1.15. The number of thiophene rings is 1. The van der Waals surface area contributed by atoms with E-state index < -0.39 is 35.7 Å². The summed E-state index contributed by atoms with van der Waals surface area (Å²) in [6.45, 7) is 7.29. The molecule has 5 heterocycles. The molecule has 3 aliphatic heterocycles. The highest BCUT2D eigenvalue weighted by molar-refractivity contribution is 7.23. The fourth-order valence-electron chi connectivity index (χ4n) is 7.96. The number of likely N-dealkylation sites (N-methyl/N-ethyl adjacent to an activating group) is 1. The second-order valence-corrected chi connectivity index (χ2v) is 14.1. The highest BCUT2D eigenvalue weighted by Crippen LogP contribution is 2.47. The highest BCUT2D eigenvalue weighted by Gasteiger charge is 2.45. The molecule has 0 radical (unpaired) electrons.